The summed E-state index contributed by atoms with van der Waals surface area (Å²) in [5.74, 6) is -0.568. The van der Waals surface area contributed by atoms with Crippen molar-refractivity contribution in [2.24, 2.45) is 11.0 Å². The van der Waals surface area contributed by atoms with Crippen molar-refractivity contribution in [3.63, 3.8) is 0 Å². The van der Waals surface area contributed by atoms with Gasteiger partial charge in [-0.25, -0.2) is 13.8 Å². The van der Waals surface area contributed by atoms with Gasteiger partial charge < -0.3 is 4.74 Å². The van der Waals surface area contributed by atoms with E-state index in [2.05, 4.69) is 0 Å². The molecule has 0 spiro atoms. The van der Waals surface area contributed by atoms with Crippen LogP contribution < -0.4 is 4.74 Å². The lowest BCUT2D eigenvalue weighted by Gasteiger charge is -2.29. The highest BCUT2D eigenvalue weighted by Crippen LogP contribution is 2.44. The summed E-state index contributed by atoms with van der Waals surface area (Å²) in [6.07, 6.45) is 4.57. The molecule has 1 amide bonds. The third-order valence-electron chi connectivity index (χ3n) is 6.37. The first-order valence-corrected chi connectivity index (χ1v) is 11.9. The number of para-hydroxylation sites is 1. The molecule has 1 aliphatic carbocycles. The number of allylic oxidation sites excluding steroid dienone is 1. The molecule has 0 radical (unpaired) electrons. The van der Waals surface area contributed by atoms with E-state index in [1.165, 1.54) is 29.3 Å². The molecule has 7 heteroatoms. The summed E-state index contributed by atoms with van der Waals surface area (Å²) in [4.78, 5) is 13.3. The maximum absolute atomic E-state index is 13.7. The minimum absolute atomic E-state index is 0.0369. The second-order valence-corrected chi connectivity index (χ2v) is 9.07. The van der Waals surface area contributed by atoms with Crippen LogP contribution in [0.4, 0.5) is 8.78 Å². The zero-order valence-electron chi connectivity index (χ0n) is 18.8. The fraction of sp³-hybridized carbons (Fsp3) is 0.214. The van der Waals surface area contributed by atoms with Gasteiger partial charge in [0.05, 0.1) is 16.8 Å². The average molecular weight is 493 g/mol. The van der Waals surface area contributed by atoms with Crippen molar-refractivity contribution >= 4 is 29.3 Å². The molecule has 1 aliphatic heterocycles. The minimum atomic E-state index is -0.370. The van der Waals surface area contributed by atoms with Crippen molar-refractivity contribution < 1.29 is 18.3 Å². The molecule has 1 fully saturated rings. The quantitative estimate of drug-likeness (QED) is 0.392. The van der Waals surface area contributed by atoms with Crippen LogP contribution in [-0.4, -0.2) is 23.2 Å². The third-order valence-corrected chi connectivity index (χ3v) is 6.68. The molecule has 35 heavy (non-hydrogen) atoms. The Morgan fingerprint density at radius 1 is 1.03 bits per heavy atom. The van der Waals surface area contributed by atoms with Gasteiger partial charge in [0.15, 0.2) is 6.61 Å². The van der Waals surface area contributed by atoms with Crippen LogP contribution in [-0.2, 0) is 4.79 Å². The molecule has 3 aromatic carbocycles. The SMILES string of the molecule is O=C(COc1ccccc1Cl)N1N=C2C(=Cc3ccc(F)cc3)CCCC2C1c1ccc(F)cc1. The van der Waals surface area contributed by atoms with Crippen LogP contribution in [0, 0.1) is 17.6 Å². The number of amides is 1. The first-order chi connectivity index (χ1) is 17.0. The van der Waals surface area contributed by atoms with Gasteiger partial charge in [-0.3, -0.25) is 4.79 Å². The van der Waals surface area contributed by atoms with E-state index in [-0.39, 0.29) is 36.1 Å². The van der Waals surface area contributed by atoms with Crippen LogP contribution >= 0.6 is 11.6 Å². The van der Waals surface area contributed by atoms with Crippen molar-refractivity contribution in [3.05, 3.63) is 106 Å². The molecule has 2 unspecified atom stereocenters. The molecule has 2 atom stereocenters. The number of carbonyl (C=O) groups excluding carboxylic acids is 1. The van der Waals surface area contributed by atoms with Crippen LogP contribution in [0.15, 0.2) is 83.5 Å². The number of hydrazone groups is 1. The molecule has 3 aromatic rings. The Kier molecular flexibility index (Phi) is 6.64. The fourth-order valence-corrected chi connectivity index (χ4v) is 4.92. The molecule has 4 nitrogen and oxygen atoms in total. The van der Waals surface area contributed by atoms with Crippen LogP contribution in [0.2, 0.25) is 5.02 Å². The van der Waals surface area contributed by atoms with Gasteiger partial charge in [-0.2, -0.15) is 5.10 Å². The van der Waals surface area contributed by atoms with Crippen LogP contribution in [0.3, 0.4) is 0 Å². The standard InChI is InChI=1S/C28H23ClF2N2O2/c29-24-6-1-2-7-25(24)35-17-26(34)33-28(19-10-14-22(31)15-11-19)23-5-3-4-20(27(23)32-33)16-18-8-12-21(30)13-9-18/h1-2,6-16,23,28H,3-5,17H2. The summed E-state index contributed by atoms with van der Waals surface area (Å²) in [6, 6.07) is 19.1. The Labute approximate surface area is 207 Å². The van der Waals surface area contributed by atoms with Gasteiger partial charge in [0, 0.05) is 5.92 Å². The van der Waals surface area contributed by atoms with Crippen LogP contribution in [0.5, 0.6) is 5.75 Å². The number of hydrogen-bond donors (Lipinski definition) is 0. The average Bonchev–Trinajstić information content (AvgIpc) is 3.26. The van der Waals surface area contributed by atoms with Gasteiger partial charge >= 0.3 is 0 Å². The number of nitrogens with zero attached hydrogens (tertiary/aromatic N) is 2. The number of hydrogen-bond acceptors (Lipinski definition) is 3. The van der Waals surface area contributed by atoms with E-state index in [0.29, 0.717) is 10.8 Å². The molecule has 0 bridgehead atoms. The Balaban J connectivity index is 1.47. The summed E-state index contributed by atoms with van der Waals surface area (Å²) >= 11 is 6.17. The fourth-order valence-electron chi connectivity index (χ4n) is 4.73. The van der Waals surface area contributed by atoms with Crippen molar-refractivity contribution in [1.29, 1.82) is 0 Å². The number of ether oxygens (including phenoxy) is 1. The Bertz CT molecular complexity index is 1290. The zero-order chi connectivity index (χ0) is 24.4. The summed E-state index contributed by atoms with van der Waals surface area (Å²) in [6.45, 7) is -0.234. The molecule has 0 N–H and O–H groups in total. The highest BCUT2D eigenvalue weighted by molar-refractivity contribution is 6.32. The molecule has 1 heterocycles. The number of fused-ring (bicyclic) bond motifs is 1. The summed E-state index contributed by atoms with van der Waals surface area (Å²) in [5.41, 5.74) is 3.53. The van der Waals surface area contributed by atoms with E-state index in [9.17, 15) is 13.6 Å². The van der Waals surface area contributed by atoms with Gasteiger partial charge in [0.2, 0.25) is 0 Å². The number of rotatable bonds is 5. The zero-order valence-corrected chi connectivity index (χ0v) is 19.6. The van der Waals surface area contributed by atoms with Gasteiger partial charge in [-0.05, 0) is 78.4 Å². The largest absolute Gasteiger partial charge is 0.482 e. The van der Waals surface area contributed by atoms with Crippen molar-refractivity contribution in [2.45, 2.75) is 25.3 Å². The topological polar surface area (TPSA) is 41.9 Å². The van der Waals surface area contributed by atoms with Crippen molar-refractivity contribution in [2.75, 3.05) is 6.61 Å². The van der Waals surface area contributed by atoms with Gasteiger partial charge in [0.25, 0.3) is 5.91 Å². The lowest BCUT2D eigenvalue weighted by molar-refractivity contribution is -0.135. The number of benzene rings is 3. The first kappa shape index (κ1) is 23.2. The van der Waals surface area contributed by atoms with E-state index in [4.69, 9.17) is 21.4 Å². The Morgan fingerprint density at radius 2 is 1.71 bits per heavy atom. The maximum atomic E-state index is 13.7. The summed E-state index contributed by atoms with van der Waals surface area (Å²) in [5, 5.41) is 6.66. The molecule has 1 saturated carbocycles. The lowest BCUT2D eigenvalue weighted by Crippen LogP contribution is -2.34. The Morgan fingerprint density at radius 3 is 2.43 bits per heavy atom. The molecule has 0 aromatic heterocycles. The van der Waals surface area contributed by atoms with E-state index in [0.717, 1.165) is 41.7 Å². The predicted molar refractivity (Wildman–Crippen MR) is 132 cm³/mol. The highest BCUT2D eigenvalue weighted by Gasteiger charge is 2.43. The van der Waals surface area contributed by atoms with Crippen LogP contribution in [0.1, 0.15) is 36.4 Å². The minimum Gasteiger partial charge on any atom is -0.482 e. The summed E-state index contributed by atoms with van der Waals surface area (Å²) in [7, 11) is 0. The number of halogens is 3. The van der Waals surface area contributed by atoms with E-state index < -0.39 is 0 Å². The van der Waals surface area contributed by atoms with Crippen molar-refractivity contribution in [1.82, 2.24) is 5.01 Å². The van der Waals surface area contributed by atoms with Gasteiger partial charge in [0.1, 0.15) is 17.4 Å². The molecular weight excluding hydrogens is 470 g/mol. The molecule has 178 valence electrons. The maximum Gasteiger partial charge on any atom is 0.281 e. The van der Waals surface area contributed by atoms with Gasteiger partial charge in [-0.1, -0.05) is 48.0 Å². The molecule has 5 rings (SSSR count). The normalized spacial score (nSPS) is 20.5. The molecule has 0 saturated heterocycles. The van der Waals surface area contributed by atoms with E-state index in [1.807, 2.05) is 6.08 Å². The lowest BCUT2D eigenvalue weighted by atomic mass is 9.77. The number of carbonyl (C=O) groups is 1. The Hall–Kier alpha value is -3.51. The van der Waals surface area contributed by atoms with Crippen LogP contribution in [0.25, 0.3) is 6.08 Å². The highest BCUT2D eigenvalue weighted by atomic mass is 35.5. The van der Waals surface area contributed by atoms with Gasteiger partial charge in [-0.15, -0.1) is 0 Å². The molecule has 2 aliphatic rings. The van der Waals surface area contributed by atoms with Crippen molar-refractivity contribution in [3.8, 4) is 5.75 Å². The predicted octanol–water partition coefficient (Wildman–Crippen LogP) is 6.82. The second-order valence-electron chi connectivity index (χ2n) is 8.66. The summed E-state index contributed by atoms with van der Waals surface area (Å²) < 4.78 is 32.7. The third kappa shape index (κ3) is 4.98. The first-order valence-electron chi connectivity index (χ1n) is 11.5. The van der Waals surface area contributed by atoms with E-state index >= 15 is 0 Å². The second kappa shape index (κ2) is 10.0. The van der Waals surface area contributed by atoms with E-state index in [1.54, 1.807) is 48.5 Å². The molecular formula is C28H23ClF2N2O2. The smallest absolute Gasteiger partial charge is 0.281 e. The monoisotopic (exact) mass is 492 g/mol.